The summed E-state index contributed by atoms with van der Waals surface area (Å²) in [5.74, 6) is 0.331. The Labute approximate surface area is 161 Å². The fourth-order valence-corrected chi connectivity index (χ4v) is 2.35. The standard InChI is InChI=1S/C14H22F3N5O2.HI/c1-3-18-13(19-7-12(23)14(15,16)17)22-4-5-24-11(9-22)10-6-20-21(2)8-10;/h6,8,11-12,23H,3-5,7,9H2,1-2H3,(H,18,19);1H. The van der Waals surface area contributed by atoms with Gasteiger partial charge in [0.05, 0.1) is 25.9 Å². The summed E-state index contributed by atoms with van der Waals surface area (Å²) < 4.78 is 44.7. The Morgan fingerprint density at radius 2 is 2.28 bits per heavy atom. The van der Waals surface area contributed by atoms with Gasteiger partial charge in [-0.05, 0) is 6.92 Å². The van der Waals surface area contributed by atoms with E-state index < -0.39 is 18.8 Å². The summed E-state index contributed by atoms with van der Waals surface area (Å²) in [6, 6.07) is 0. The van der Waals surface area contributed by atoms with Crippen LogP contribution in [0.5, 0.6) is 0 Å². The summed E-state index contributed by atoms with van der Waals surface area (Å²) in [7, 11) is 1.80. The number of aliphatic imine (C=N–C) groups is 1. The lowest BCUT2D eigenvalue weighted by molar-refractivity contribution is -0.199. The Morgan fingerprint density at radius 3 is 2.84 bits per heavy atom. The van der Waals surface area contributed by atoms with Gasteiger partial charge in [-0.25, -0.2) is 0 Å². The van der Waals surface area contributed by atoms with Crippen LogP contribution >= 0.6 is 24.0 Å². The highest BCUT2D eigenvalue weighted by atomic mass is 127. The highest BCUT2D eigenvalue weighted by Crippen LogP contribution is 2.22. The lowest BCUT2D eigenvalue weighted by atomic mass is 10.1. The van der Waals surface area contributed by atoms with E-state index in [0.717, 1.165) is 5.56 Å². The summed E-state index contributed by atoms with van der Waals surface area (Å²) in [5.41, 5.74) is 0.897. The topological polar surface area (TPSA) is 74.9 Å². The van der Waals surface area contributed by atoms with Crippen molar-refractivity contribution in [3.8, 4) is 0 Å². The van der Waals surface area contributed by atoms with Crippen molar-refractivity contribution in [2.24, 2.45) is 12.0 Å². The number of nitrogens with one attached hydrogen (secondary N) is 1. The van der Waals surface area contributed by atoms with Crippen molar-refractivity contribution in [1.82, 2.24) is 20.0 Å². The maximum absolute atomic E-state index is 12.4. The molecule has 144 valence electrons. The van der Waals surface area contributed by atoms with Crippen molar-refractivity contribution >= 4 is 29.9 Å². The van der Waals surface area contributed by atoms with Crippen LogP contribution in [-0.4, -0.2) is 70.8 Å². The van der Waals surface area contributed by atoms with Crippen LogP contribution in [0.3, 0.4) is 0 Å². The fraction of sp³-hybridized carbons (Fsp3) is 0.714. The lowest BCUT2D eigenvalue weighted by Gasteiger charge is -2.35. The number of aliphatic hydroxyl groups is 1. The Balaban J connectivity index is 0.00000312. The van der Waals surface area contributed by atoms with Gasteiger partial charge < -0.3 is 20.1 Å². The van der Waals surface area contributed by atoms with Crippen LogP contribution in [0.2, 0.25) is 0 Å². The van der Waals surface area contributed by atoms with Crippen molar-refractivity contribution in [2.75, 3.05) is 32.8 Å². The van der Waals surface area contributed by atoms with Crippen molar-refractivity contribution in [2.45, 2.75) is 25.3 Å². The van der Waals surface area contributed by atoms with Crippen LogP contribution in [-0.2, 0) is 11.8 Å². The number of aliphatic hydroxyl groups excluding tert-OH is 1. The van der Waals surface area contributed by atoms with E-state index >= 15 is 0 Å². The number of morpholine rings is 1. The summed E-state index contributed by atoms with van der Waals surface area (Å²) in [4.78, 5) is 5.75. The highest BCUT2D eigenvalue weighted by Gasteiger charge is 2.38. The summed E-state index contributed by atoms with van der Waals surface area (Å²) in [6.07, 6.45) is -3.84. The molecular formula is C14H23F3IN5O2. The third-order valence-electron chi connectivity index (χ3n) is 3.59. The Bertz CT molecular complexity index is 567. The molecule has 1 aromatic heterocycles. The number of hydrogen-bond donors (Lipinski definition) is 2. The molecule has 0 amide bonds. The van der Waals surface area contributed by atoms with Gasteiger partial charge in [-0.3, -0.25) is 9.67 Å². The van der Waals surface area contributed by atoms with Gasteiger partial charge in [0.2, 0.25) is 0 Å². The first-order valence-corrected chi connectivity index (χ1v) is 7.69. The number of aromatic nitrogens is 2. The van der Waals surface area contributed by atoms with Gasteiger partial charge in [0, 0.05) is 31.9 Å². The van der Waals surface area contributed by atoms with Gasteiger partial charge in [0.15, 0.2) is 12.1 Å². The predicted octanol–water partition coefficient (Wildman–Crippen LogP) is 1.30. The quantitative estimate of drug-likeness (QED) is 0.389. The molecule has 1 saturated heterocycles. The predicted molar refractivity (Wildman–Crippen MR) is 96.9 cm³/mol. The Kier molecular flexibility index (Phi) is 8.41. The van der Waals surface area contributed by atoms with Gasteiger partial charge in [-0.15, -0.1) is 24.0 Å². The van der Waals surface area contributed by atoms with Crippen LogP contribution < -0.4 is 5.32 Å². The molecule has 1 aromatic rings. The summed E-state index contributed by atoms with van der Waals surface area (Å²) in [5, 5.41) is 16.2. The number of aryl methyl sites for hydroxylation is 1. The molecule has 2 rings (SSSR count). The molecule has 2 unspecified atom stereocenters. The normalized spacial score (nSPS) is 20.2. The third kappa shape index (κ3) is 6.29. The number of halogens is 4. The lowest BCUT2D eigenvalue weighted by Crippen LogP contribution is -2.48. The van der Waals surface area contributed by atoms with E-state index in [0.29, 0.717) is 32.2 Å². The average Bonchev–Trinajstić information content (AvgIpc) is 2.97. The van der Waals surface area contributed by atoms with E-state index in [1.807, 2.05) is 18.0 Å². The number of rotatable bonds is 4. The molecule has 2 heterocycles. The zero-order valence-electron chi connectivity index (χ0n) is 14.0. The van der Waals surface area contributed by atoms with E-state index in [1.54, 1.807) is 17.9 Å². The minimum absolute atomic E-state index is 0. The smallest absolute Gasteiger partial charge is 0.382 e. The molecule has 25 heavy (non-hydrogen) atoms. The van der Waals surface area contributed by atoms with Gasteiger partial charge in [-0.2, -0.15) is 18.3 Å². The van der Waals surface area contributed by atoms with Crippen LogP contribution in [0.1, 0.15) is 18.6 Å². The molecule has 0 saturated carbocycles. The second-order valence-corrected chi connectivity index (χ2v) is 5.50. The maximum atomic E-state index is 12.4. The van der Waals surface area contributed by atoms with Gasteiger partial charge in [0.25, 0.3) is 0 Å². The molecule has 1 fully saturated rings. The van der Waals surface area contributed by atoms with E-state index in [9.17, 15) is 13.2 Å². The van der Waals surface area contributed by atoms with E-state index in [1.165, 1.54) is 0 Å². The zero-order valence-corrected chi connectivity index (χ0v) is 16.4. The monoisotopic (exact) mass is 477 g/mol. The second-order valence-electron chi connectivity index (χ2n) is 5.50. The molecule has 0 aromatic carbocycles. The minimum atomic E-state index is -4.68. The molecule has 1 aliphatic heterocycles. The molecule has 2 atom stereocenters. The molecule has 0 aliphatic carbocycles. The largest absolute Gasteiger partial charge is 0.416 e. The van der Waals surface area contributed by atoms with Gasteiger partial charge in [0.1, 0.15) is 6.10 Å². The highest BCUT2D eigenvalue weighted by molar-refractivity contribution is 14.0. The fourth-order valence-electron chi connectivity index (χ4n) is 2.35. The van der Waals surface area contributed by atoms with Crippen molar-refractivity contribution in [3.63, 3.8) is 0 Å². The molecule has 7 nitrogen and oxygen atoms in total. The Morgan fingerprint density at radius 1 is 1.56 bits per heavy atom. The SMILES string of the molecule is CCNC(=NCC(O)C(F)(F)F)N1CCOC(c2cnn(C)c2)C1.I. The van der Waals surface area contributed by atoms with Crippen molar-refractivity contribution in [1.29, 1.82) is 0 Å². The number of guanidine groups is 1. The minimum Gasteiger partial charge on any atom is -0.382 e. The Hall–Kier alpha value is -1.08. The average molecular weight is 477 g/mol. The zero-order chi connectivity index (χ0) is 17.7. The number of alkyl halides is 3. The number of hydrogen-bond acceptors (Lipinski definition) is 4. The van der Waals surface area contributed by atoms with E-state index in [4.69, 9.17) is 9.84 Å². The third-order valence-corrected chi connectivity index (χ3v) is 3.59. The molecule has 1 aliphatic rings. The molecular weight excluding hydrogens is 454 g/mol. The van der Waals surface area contributed by atoms with Crippen LogP contribution in [0.15, 0.2) is 17.4 Å². The van der Waals surface area contributed by atoms with Crippen LogP contribution in [0.25, 0.3) is 0 Å². The number of ether oxygens (including phenoxy) is 1. The number of nitrogens with zero attached hydrogens (tertiary/aromatic N) is 4. The molecule has 0 spiro atoms. The summed E-state index contributed by atoms with van der Waals surface area (Å²) in [6.45, 7) is 2.97. The molecule has 2 N–H and O–H groups in total. The van der Waals surface area contributed by atoms with Crippen LogP contribution in [0, 0.1) is 0 Å². The molecule has 0 bridgehead atoms. The van der Waals surface area contributed by atoms with Crippen molar-refractivity contribution in [3.05, 3.63) is 18.0 Å². The maximum Gasteiger partial charge on any atom is 0.416 e. The first-order valence-electron chi connectivity index (χ1n) is 7.69. The van der Waals surface area contributed by atoms with Crippen molar-refractivity contribution < 1.29 is 23.0 Å². The van der Waals surface area contributed by atoms with E-state index in [-0.39, 0.29) is 30.1 Å². The van der Waals surface area contributed by atoms with Gasteiger partial charge >= 0.3 is 6.18 Å². The van der Waals surface area contributed by atoms with E-state index in [2.05, 4.69) is 15.4 Å². The second kappa shape index (κ2) is 9.57. The van der Waals surface area contributed by atoms with Crippen LogP contribution in [0.4, 0.5) is 13.2 Å². The first-order chi connectivity index (χ1) is 11.3. The first kappa shape index (κ1) is 22.0. The van der Waals surface area contributed by atoms with Gasteiger partial charge in [-0.1, -0.05) is 0 Å². The summed E-state index contributed by atoms with van der Waals surface area (Å²) >= 11 is 0. The molecule has 11 heteroatoms. The molecule has 0 radical (unpaired) electrons.